The number of ether oxygens (including phenoxy) is 1. The van der Waals surface area contributed by atoms with Crippen molar-refractivity contribution in [3.63, 3.8) is 0 Å². The number of nitrogens with zero attached hydrogens (tertiary/aromatic N) is 2. The lowest BCUT2D eigenvalue weighted by molar-refractivity contribution is -0.384. The van der Waals surface area contributed by atoms with E-state index >= 15 is 0 Å². The molecule has 0 bridgehead atoms. The van der Waals surface area contributed by atoms with Crippen molar-refractivity contribution < 1.29 is 24.4 Å². The number of hydrogen-bond donors (Lipinski definition) is 2. The maximum atomic E-state index is 13.3. The molecule has 1 unspecified atom stereocenters. The van der Waals surface area contributed by atoms with Crippen LogP contribution in [0.25, 0.3) is 16.7 Å². The number of ketones is 1. The van der Waals surface area contributed by atoms with E-state index in [9.17, 15) is 24.8 Å². The molecule has 9 nitrogen and oxygen atoms in total. The monoisotopic (exact) mass is 525 g/mol. The molecule has 0 radical (unpaired) electrons. The summed E-state index contributed by atoms with van der Waals surface area (Å²) in [5.41, 5.74) is 3.71. The van der Waals surface area contributed by atoms with Crippen LogP contribution in [0.4, 0.5) is 5.69 Å². The Labute approximate surface area is 224 Å². The Morgan fingerprint density at radius 3 is 2.44 bits per heavy atom. The summed E-state index contributed by atoms with van der Waals surface area (Å²) in [6, 6.07) is 17.7. The molecule has 1 amide bonds. The maximum absolute atomic E-state index is 13.3. The van der Waals surface area contributed by atoms with E-state index in [0.717, 1.165) is 28.5 Å². The average molecular weight is 526 g/mol. The third-order valence-electron chi connectivity index (χ3n) is 7.19. The quantitative estimate of drug-likeness (QED) is 0.106. The Balaban J connectivity index is 1.55. The minimum absolute atomic E-state index is 0.0429. The van der Waals surface area contributed by atoms with Gasteiger partial charge in [0, 0.05) is 41.3 Å². The number of H-pyrrole nitrogens is 1. The summed E-state index contributed by atoms with van der Waals surface area (Å²) < 4.78 is 5.36. The van der Waals surface area contributed by atoms with Gasteiger partial charge in [0.05, 0.1) is 23.6 Å². The molecular formula is C30H27N3O6. The van der Waals surface area contributed by atoms with Gasteiger partial charge in [0.25, 0.3) is 17.4 Å². The third-order valence-corrected chi connectivity index (χ3v) is 7.19. The molecule has 4 aromatic rings. The second kappa shape index (κ2) is 10.4. The number of hydrogen-bond acceptors (Lipinski definition) is 6. The minimum Gasteiger partial charge on any atom is -0.507 e. The lowest BCUT2D eigenvalue weighted by Gasteiger charge is -2.25. The number of benzene rings is 3. The van der Waals surface area contributed by atoms with E-state index < -0.39 is 22.7 Å². The molecule has 39 heavy (non-hydrogen) atoms. The molecule has 1 fully saturated rings. The van der Waals surface area contributed by atoms with Crippen LogP contribution in [0.5, 0.6) is 5.75 Å². The Kier molecular flexibility index (Phi) is 6.89. The number of aryl methyl sites for hydroxylation is 1. The molecule has 5 rings (SSSR count). The summed E-state index contributed by atoms with van der Waals surface area (Å²) in [6.45, 7) is 2.26. The summed E-state index contributed by atoms with van der Waals surface area (Å²) >= 11 is 0. The lowest BCUT2D eigenvalue weighted by atomic mass is 9.94. The number of carbonyl (C=O) groups excluding carboxylic acids is 2. The van der Waals surface area contributed by atoms with Gasteiger partial charge >= 0.3 is 0 Å². The van der Waals surface area contributed by atoms with E-state index in [1.807, 2.05) is 55.6 Å². The van der Waals surface area contributed by atoms with Gasteiger partial charge in [-0.15, -0.1) is 0 Å². The maximum Gasteiger partial charge on any atom is 0.295 e. The second-order valence-electron chi connectivity index (χ2n) is 9.37. The van der Waals surface area contributed by atoms with Crippen LogP contribution in [0.3, 0.4) is 0 Å². The number of fused-ring (bicyclic) bond motifs is 1. The highest BCUT2D eigenvalue weighted by atomic mass is 16.6. The van der Waals surface area contributed by atoms with Gasteiger partial charge in [-0.25, -0.2) is 0 Å². The van der Waals surface area contributed by atoms with Gasteiger partial charge in [-0.3, -0.25) is 19.7 Å². The Morgan fingerprint density at radius 2 is 1.79 bits per heavy atom. The number of rotatable bonds is 8. The number of methoxy groups -OCH3 is 1. The van der Waals surface area contributed by atoms with Gasteiger partial charge in [-0.05, 0) is 59.9 Å². The number of aromatic nitrogens is 1. The molecule has 1 saturated heterocycles. The molecule has 0 spiro atoms. The van der Waals surface area contributed by atoms with Gasteiger partial charge in [0.2, 0.25) is 0 Å². The van der Waals surface area contributed by atoms with E-state index in [0.29, 0.717) is 17.7 Å². The standard InChI is InChI=1S/C30H27N3O6/c1-3-18-4-6-19(7-5-18)27-26(28(34)20-8-10-22(11-9-20)33(37)38)29(35)30(36)32(27)15-14-21-17-31-25-13-12-23(39-2)16-24(21)25/h4-13,16-17,27,31,34H,3,14-15H2,1-2H3/b28-26-. The van der Waals surface area contributed by atoms with Crippen LogP contribution in [-0.2, 0) is 22.4 Å². The van der Waals surface area contributed by atoms with E-state index in [-0.39, 0.29) is 29.1 Å². The molecule has 1 atom stereocenters. The third kappa shape index (κ3) is 4.74. The van der Waals surface area contributed by atoms with Gasteiger partial charge in [-0.2, -0.15) is 0 Å². The fraction of sp³-hybridized carbons (Fsp3) is 0.200. The van der Waals surface area contributed by atoms with Crippen molar-refractivity contribution in [3.05, 3.63) is 111 Å². The highest BCUT2D eigenvalue weighted by Crippen LogP contribution is 2.40. The fourth-order valence-electron chi connectivity index (χ4n) is 5.02. The molecule has 3 aromatic carbocycles. The van der Waals surface area contributed by atoms with Gasteiger partial charge < -0.3 is 19.7 Å². The molecule has 198 valence electrons. The first kappa shape index (κ1) is 25.7. The van der Waals surface area contributed by atoms with Crippen LogP contribution in [0.1, 0.15) is 35.2 Å². The molecule has 1 aromatic heterocycles. The first-order valence-electron chi connectivity index (χ1n) is 12.6. The van der Waals surface area contributed by atoms with Crippen LogP contribution in [0.2, 0.25) is 0 Å². The minimum atomic E-state index is -0.814. The second-order valence-corrected chi connectivity index (χ2v) is 9.37. The summed E-state index contributed by atoms with van der Waals surface area (Å²) in [4.78, 5) is 41.9. The van der Waals surface area contributed by atoms with Crippen molar-refractivity contribution >= 4 is 34.0 Å². The number of aromatic amines is 1. The number of nitro benzene ring substituents is 1. The lowest BCUT2D eigenvalue weighted by Crippen LogP contribution is -2.31. The van der Waals surface area contributed by atoms with Crippen LogP contribution in [-0.4, -0.2) is 45.3 Å². The van der Waals surface area contributed by atoms with E-state index in [4.69, 9.17) is 4.74 Å². The summed E-state index contributed by atoms with van der Waals surface area (Å²) in [5.74, 6) is -1.16. The van der Waals surface area contributed by atoms with Crippen LogP contribution in [0.15, 0.2) is 78.5 Å². The number of Topliss-reactive ketones (excluding diaryl/α,β-unsaturated/α-hetero) is 1. The number of aliphatic hydroxyl groups is 1. The zero-order valence-corrected chi connectivity index (χ0v) is 21.5. The Hall–Kier alpha value is -4.92. The molecular weight excluding hydrogens is 498 g/mol. The number of non-ortho nitro benzene ring substituents is 1. The number of amides is 1. The predicted octanol–water partition coefficient (Wildman–Crippen LogP) is 5.31. The highest BCUT2D eigenvalue weighted by Gasteiger charge is 2.45. The SMILES string of the molecule is CCc1ccc(C2/C(=C(/O)c3ccc([N+](=O)[O-])cc3)C(=O)C(=O)N2CCc2c[nH]c3ccc(OC)cc23)cc1. The average Bonchev–Trinajstić information content (AvgIpc) is 3.48. The van der Waals surface area contributed by atoms with Gasteiger partial charge in [0.1, 0.15) is 11.5 Å². The van der Waals surface area contributed by atoms with Crippen molar-refractivity contribution in [2.45, 2.75) is 25.8 Å². The van der Waals surface area contributed by atoms with Crippen molar-refractivity contribution in [2.24, 2.45) is 0 Å². The zero-order chi connectivity index (χ0) is 27.7. The van der Waals surface area contributed by atoms with Crippen LogP contribution in [0, 0.1) is 10.1 Å². The van der Waals surface area contributed by atoms with Crippen LogP contribution >= 0.6 is 0 Å². The molecule has 0 aliphatic carbocycles. The van der Waals surface area contributed by atoms with E-state index in [2.05, 4.69) is 4.98 Å². The number of carbonyl (C=O) groups is 2. The first-order valence-corrected chi connectivity index (χ1v) is 12.6. The van der Waals surface area contributed by atoms with Crippen molar-refractivity contribution in [2.75, 3.05) is 13.7 Å². The number of aliphatic hydroxyl groups excluding tert-OH is 1. The largest absolute Gasteiger partial charge is 0.507 e. The predicted molar refractivity (Wildman–Crippen MR) is 146 cm³/mol. The molecule has 9 heteroatoms. The van der Waals surface area contributed by atoms with Crippen LogP contribution < -0.4 is 4.74 Å². The highest BCUT2D eigenvalue weighted by molar-refractivity contribution is 6.46. The van der Waals surface area contributed by atoms with Gasteiger partial charge in [0.15, 0.2) is 0 Å². The molecule has 1 aliphatic heterocycles. The van der Waals surface area contributed by atoms with Crippen molar-refractivity contribution in [1.29, 1.82) is 0 Å². The topological polar surface area (TPSA) is 126 Å². The van der Waals surface area contributed by atoms with E-state index in [1.54, 1.807) is 7.11 Å². The molecule has 2 heterocycles. The smallest absolute Gasteiger partial charge is 0.295 e. The van der Waals surface area contributed by atoms with E-state index in [1.165, 1.54) is 29.2 Å². The summed E-state index contributed by atoms with van der Waals surface area (Å²) in [5, 5.41) is 23.3. The Morgan fingerprint density at radius 1 is 1.08 bits per heavy atom. The zero-order valence-electron chi connectivity index (χ0n) is 21.5. The molecule has 1 aliphatic rings. The molecule has 2 N–H and O–H groups in total. The fourth-order valence-corrected chi connectivity index (χ4v) is 5.02. The number of nitro groups is 1. The normalized spacial score (nSPS) is 16.7. The van der Waals surface area contributed by atoms with Crippen molar-refractivity contribution in [3.8, 4) is 5.75 Å². The first-order chi connectivity index (χ1) is 18.8. The molecule has 0 saturated carbocycles. The Bertz CT molecular complexity index is 1600. The van der Waals surface area contributed by atoms with Crippen molar-refractivity contribution in [1.82, 2.24) is 9.88 Å². The summed E-state index contributed by atoms with van der Waals surface area (Å²) in [7, 11) is 1.60. The number of nitrogens with one attached hydrogen (secondary N) is 1. The summed E-state index contributed by atoms with van der Waals surface area (Å²) in [6.07, 6.45) is 3.16. The van der Waals surface area contributed by atoms with Gasteiger partial charge in [-0.1, -0.05) is 31.2 Å². The number of likely N-dealkylation sites (tertiary alicyclic amines) is 1.